The molecule has 1 N–H and O–H groups in total. The Morgan fingerprint density at radius 2 is 2.04 bits per heavy atom. The molecular weight excluding hydrogens is 312 g/mol. The van der Waals surface area contributed by atoms with Crippen LogP contribution in [0.5, 0.6) is 0 Å². The summed E-state index contributed by atoms with van der Waals surface area (Å²) in [6.45, 7) is 5.33. The summed E-state index contributed by atoms with van der Waals surface area (Å²) in [7, 11) is 0. The lowest BCUT2D eigenvalue weighted by Gasteiger charge is -2.32. The van der Waals surface area contributed by atoms with Crippen LogP contribution in [0.25, 0.3) is 0 Å². The van der Waals surface area contributed by atoms with Gasteiger partial charge in [0, 0.05) is 29.7 Å². The topological polar surface area (TPSA) is 49.4 Å². The van der Waals surface area contributed by atoms with Crippen molar-refractivity contribution in [3.05, 3.63) is 34.9 Å². The number of hydrogen-bond acceptors (Lipinski definition) is 2. The maximum atomic E-state index is 12.6. The third-order valence-corrected chi connectivity index (χ3v) is 4.53. The first-order valence-electron chi connectivity index (χ1n) is 8.36. The largest absolute Gasteiger partial charge is 0.353 e. The molecule has 1 fully saturated rings. The van der Waals surface area contributed by atoms with Crippen LogP contribution in [0.1, 0.15) is 49.9 Å². The van der Waals surface area contributed by atoms with Crippen LogP contribution >= 0.6 is 11.6 Å². The Labute approximate surface area is 143 Å². The lowest BCUT2D eigenvalue weighted by atomic mass is 9.96. The number of nitrogens with zero attached hydrogens (tertiary/aromatic N) is 1. The number of rotatable bonds is 5. The van der Waals surface area contributed by atoms with Crippen molar-refractivity contribution in [3.8, 4) is 0 Å². The molecule has 2 rings (SSSR count). The van der Waals surface area contributed by atoms with Gasteiger partial charge < -0.3 is 10.2 Å². The van der Waals surface area contributed by atoms with Gasteiger partial charge in [0.15, 0.2) is 0 Å². The van der Waals surface area contributed by atoms with Crippen LogP contribution in [0.3, 0.4) is 0 Å². The van der Waals surface area contributed by atoms with E-state index in [2.05, 4.69) is 12.2 Å². The number of likely N-dealkylation sites (tertiary alicyclic amines) is 1. The van der Waals surface area contributed by atoms with Crippen molar-refractivity contribution in [1.82, 2.24) is 10.2 Å². The van der Waals surface area contributed by atoms with E-state index in [1.807, 2.05) is 6.92 Å². The molecule has 4 nitrogen and oxygen atoms in total. The van der Waals surface area contributed by atoms with Crippen molar-refractivity contribution in [2.24, 2.45) is 5.92 Å². The second-order valence-electron chi connectivity index (χ2n) is 6.30. The van der Waals surface area contributed by atoms with E-state index in [1.165, 1.54) is 0 Å². The zero-order chi connectivity index (χ0) is 16.8. The average Bonchev–Trinajstić information content (AvgIpc) is 2.55. The molecule has 1 aliphatic heterocycles. The minimum absolute atomic E-state index is 0.0271. The van der Waals surface area contributed by atoms with E-state index < -0.39 is 0 Å². The Morgan fingerprint density at radius 1 is 1.35 bits per heavy atom. The van der Waals surface area contributed by atoms with E-state index in [0.717, 1.165) is 25.7 Å². The molecule has 0 aliphatic carbocycles. The van der Waals surface area contributed by atoms with Gasteiger partial charge in [-0.15, -0.1) is 0 Å². The molecule has 5 heteroatoms. The van der Waals surface area contributed by atoms with Crippen molar-refractivity contribution in [2.75, 3.05) is 13.1 Å². The van der Waals surface area contributed by atoms with Crippen LogP contribution in [-0.2, 0) is 4.79 Å². The molecular formula is C18H25ClN2O2. The smallest absolute Gasteiger partial charge is 0.253 e. The van der Waals surface area contributed by atoms with E-state index in [-0.39, 0.29) is 23.8 Å². The second-order valence-corrected chi connectivity index (χ2v) is 6.73. The molecule has 0 bridgehead atoms. The number of benzene rings is 1. The summed E-state index contributed by atoms with van der Waals surface area (Å²) < 4.78 is 0. The number of hydrogen-bond donors (Lipinski definition) is 1. The summed E-state index contributed by atoms with van der Waals surface area (Å²) in [5, 5.41) is 3.68. The third-order valence-electron chi connectivity index (χ3n) is 4.28. The van der Waals surface area contributed by atoms with Gasteiger partial charge in [0.1, 0.15) is 0 Å². The number of amides is 2. The van der Waals surface area contributed by atoms with Gasteiger partial charge in [-0.05, 0) is 50.5 Å². The van der Waals surface area contributed by atoms with Crippen LogP contribution in [0, 0.1) is 5.92 Å². The number of nitrogens with one attached hydrogen (secondary N) is 1. The number of piperidine rings is 1. The molecule has 23 heavy (non-hydrogen) atoms. The Hall–Kier alpha value is -1.55. The molecule has 2 atom stereocenters. The Kier molecular flexibility index (Phi) is 6.46. The molecule has 1 aliphatic rings. The van der Waals surface area contributed by atoms with Gasteiger partial charge in [0.25, 0.3) is 5.91 Å². The maximum absolute atomic E-state index is 12.6. The molecule has 1 aromatic carbocycles. The first-order valence-corrected chi connectivity index (χ1v) is 8.74. The van der Waals surface area contributed by atoms with Crippen LogP contribution in [0.2, 0.25) is 5.02 Å². The highest BCUT2D eigenvalue weighted by Crippen LogP contribution is 2.20. The molecule has 0 radical (unpaired) electrons. The summed E-state index contributed by atoms with van der Waals surface area (Å²) in [5.74, 6) is -0.0698. The highest BCUT2D eigenvalue weighted by Gasteiger charge is 2.29. The summed E-state index contributed by atoms with van der Waals surface area (Å²) in [5.41, 5.74) is 0.620. The van der Waals surface area contributed by atoms with E-state index >= 15 is 0 Å². The summed E-state index contributed by atoms with van der Waals surface area (Å²) in [6.07, 6.45) is 3.73. The molecule has 0 saturated carbocycles. The van der Waals surface area contributed by atoms with Gasteiger partial charge in [-0.2, -0.15) is 0 Å². The molecule has 0 spiro atoms. The fourth-order valence-corrected chi connectivity index (χ4v) is 3.14. The van der Waals surface area contributed by atoms with E-state index in [1.54, 1.807) is 29.2 Å². The zero-order valence-electron chi connectivity index (χ0n) is 13.8. The summed E-state index contributed by atoms with van der Waals surface area (Å²) >= 11 is 5.86. The van der Waals surface area contributed by atoms with Gasteiger partial charge in [-0.3, -0.25) is 9.59 Å². The molecule has 126 valence electrons. The Morgan fingerprint density at radius 3 is 2.70 bits per heavy atom. The van der Waals surface area contributed by atoms with Crippen molar-refractivity contribution >= 4 is 23.4 Å². The van der Waals surface area contributed by atoms with Crippen LogP contribution in [-0.4, -0.2) is 35.8 Å². The minimum atomic E-state index is -0.112. The number of halogens is 1. The SMILES string of the molecule is CCC[C@H](C)NC(=O)[C@@H]1CCCN(C(=O)c2ccc(Cl)cc2)C1. The van der Waals surface area contributed by atoms with Gasteiger partial charge in [0.05, 0.1) is 5.92 Å². The maximum Gasteiger partial charge on any atom is 0.253 e. The second kappa shape index (κ2) is 8.34. The average molecular weight is 337 g/mol. The predicted octanol–water partition coefficient (Wildman–Crippen LogP) is 3.50. The van der Waals surface area contributed by atoms with E-state index in [4.69, 9.17) is 11.6 Å². The Bertz CT molecular complexity index is 544. The highest BCUT2D eigenvalue weighted by atomic mass is 35.5. The fraction of sp³-hybridized carbons (Fsp3) is 0.556. The van der Waals surface area contributed by atoms with E-state index in [0.29, 0.717) is 23.7 Å². The summed E-state index contributed by atoms with van der Waals surface area (Å²) in [6, 6.07) is 7.09. The normalized spacial score (nSPS) is 19.3. The lowest BCUT2D eigenvalue weighted by molar-refractivity contribution is -0.127. The first kappa shape index (κ1) is 17.8. The van der Waals surface area contributed by atoms with Crippen LogP contribution in [0.15, 0.2) is 24.3 Å². The van der Waals surface area contributed by atoms with Crippen LogP contribution < -0.4 is 5.32 Å². The molecule has 1 aromatic rings. The minimum Gasteiger partial charge on any atom is -0.353 e. The molecule has 1 saturated heterocycles. The number of carbonyl (C=O) groups excluding carboxylic acids is 2. The van der Waals surface area contributed by atoms with Gasteiger partial charge >= 0.3 is 0 Å². The molecule has 0 unspecified atom stereocenters. The standard InChI is InChI=1S/C18H25ClN2O2/c1-3-5-13(2)20-17(22)15-6-4-11-21(12-15)18(23)14-7-9-16(19)10-8-14/h7-10,13,15H,3-6,11-12H2,1-2H3,(H,20,22)/t13-,15+/m0/s1. The van der Waals surface area contributed by atoms with Crippen molar-refractivity contribution < 1.29 is 9.59 Å². The van der Waals surface area contributed by atoms with Gasteiger partial charge in [0.2, 0.25) is 5.91 Å². The monoisotopic (exact) mass is 336 g/mol. The van der Waals surface area contributed by atoms with Gasteiger partial charge in [-0.25, -0.2) is 0 Å². The highest BCUT2D eigenvalue weighted by molar-refractivity contribution is 6.30. The fourth-order valence-electron chi connectivity index (χ4n) is 3.02. The molecule has 0 aromatic heterocycles. The van der Waals surface area contributed by atoms with Crippen molar-refractivity contribution in [2.45, 2.75) is 45.6 Å². The summed E-state index contributed by atoms with van der Waals surface area (Å²) in [4.78, 5) is 26.7. The molecule has 1 heterocycles. The van der Waals surface area contributed by atoms with Crippen molar-refractivity contribution in [3.63, 3.8) is 0 Å². The lowest BCUT2D eigenvalue weighted by Crippen LogP contribution is -2.47. The zero-order valence-corrected chi connectivity index (χ0v) is 14.6. The Balaban J connectivity index is 1.96. The van der Waals surface area contributed by atoms with Crippen molar-refractivity contribution in [1.29, 1.82) is 0 Å². The third kappa shape index (κ3) is 4.96. The quantitative estimate of drug-likeness (QED) is 0.894. The van der Waals surface area contributed by atoms with E-state index in [9.17, 15) is 9.59 Å². The number of carbonyl (C=O) groups is 2. The predicted molar refractivity (Wildman–Crippen MR) is 92.6 cm³/mol. The van der Waals surface area contributed by atoms with Gasteiger partial charge in [-0.1, -0.05) is 24.9 Å². The first-order chi connectivity index (χ1) is 11.0. The van der Waals surface area contributed by atoms with Crippen LogP contribution in [0.4, 0.5) is 0 Å². The molecule has 2 amide bonds.